The molecule has 124 valence electrons. The van der Waals surface area contributed by atoms with Gasteiger partial charge in [0.1, 0.15) is 5.75 Å². The molecule has 0 bridgehead atoms. The number of nitrogens with zero attached hydrogens (tertiary/aromatic N) is 3. The van der Waals surface area contributed by atoms with Gasteiger partial charge in [-0.1, -0.05) is 35.3 Å². The van der Waals surface area contributed by atoms with E-state index in [0.717, 1.165) is 11.3 Å². The van der Waals surface area contributed by atoms with Crippen LogP contribution in [-0.4, -0.2) is 21.9 Å². The lowest BCUT2D eigenvalue weighted by atomic mass is 10.2. The van der Waals surface area contributed by atoms with E-state index >= 15 is 0 Å². The van der Waals surface area contributed by atoms with E-state index in [2.05, 4.69) is 15.4 Å². The van der Waals surface area contributed by atoms with Crippen molar-refractivity contribution in [3.8, 4) is 5.75 Å². The van der Waals surface area contributed by atoms with Gasteiger partial charge in [-0.2, -0.15) is 4.98 Å². The molecule has 0 aliphatic heterocycles. The molecule has 0 fully saturated rings. The summed E-state index contributed by atoms with van der Waals surface area (Å²) in [5, 5.41) is 8.53. The Morgan fingerprint density at radius 1 is 1.04 bits per heavy atom. The zero-order valence-electron chi connectivity index (χ0n) is 12.6. The van der Waals surface area contributed by atoms with Crippen LogP contribution in [0.25, 0.3) is 0 Å². The Hall–Kier alpha value is -1.95. The summed E-state index contributed by atoms with van der Waals surface area (Å²) in [5.41, 5.74) is 1.73. The molecule has 0 unspecified atom stereocenters. The SMILES string of the molecule is COc1ccc(Cn2nc(Cl)nc2Nc2cc(Cl)cc(Cl)c2)cc1. The van der Waals surface area contributed by atoms with Crippen LogP contribution in [0.15, 0.2) is 42.5 Å². The van der Waals surface area contributed by atoms with Gasteiger partial charge in [0.15, 0.2) is 0 Å². The molecule has 24 heavy (non-hydrogen) atoms. The van der Waals surface area contributed by atoms with Crippen LogP contribution in [0.1, 0.15) is 5.56 Å². The number of benzene rings is 2. The summed E-state index contributed by atoms with van der Waals surface area (Å²) in [5.74, 6) is 1.29. The number of hydrogen-bond donors (Lipinski definition) is 1. The van der Waals surface area contributed by atoms with E-state index in [1.165, 1.54) is 0 Å². The third kappa shape index (κ3) is 4.12. The van der Waals surface area contributed by atoms with Crippen molar-refractivity contribution in [2.24, 2.45) is 0 Å². The summed E-state index contributed by atoms with van der Waals surface area (Å²) in [4.78, 5) is 4.19. The predicted octanol–water partition coefficient (Wildman–Crippen LogP) is 5.04. The van der Waals surface area contributed by atoms with Gasteiger partial charge >= 0.3 is 0 Å². The van der Waals surface area contributed by atoms with Gasteiger partial charge in [-0.25, -0.2) is 4.68 Å². The van der Waals surface area contributed by atoms with Gasteiger partial charge < -0.3 is 10.1 Å². The first-order valence-corrected chi connectivity index (χ1v) is 8.13. The predicted molar refractivity (Wildman–Crippen MR) is 96.9 cm³/mol. The van der Waals surface area contributed by atoms with Crippen molar-refractivity contribution in [2.75, 3.05) is 12.4 Å². The maximum absolute atomic E-state index is 6.01. The molecule has 0 spiro atoms. The van der Waals surface area contributed by atoms with Crippen molar-refractivity contribution in [3.63, 3.8) is 0 Å². The van der Waals surface area contributed by atoms with E-state index in [-0.39, 0.29) is 5.28 Å². The van der Waals surface area contributed by atoms with Crippen molar-refractivity contribution in [3.05, 3.63) is 63.4 Å². The lowest BCUT2D eigenvalue weighted by Gasteiger charge is -2.09. The van der Waals surface area contributed by atoms with Gasteiger partial charge in [0, 0.05) is 15.7 Å². The van der Waals surface area contributed by atoms with Gasteiger partial charge in [0.05, 0.1) is 13.7 Å². The topological polar surface area (TPSA) is 52.0 Å². The van der Waals surface area contributed by atoms with Gasteiger partial charge in [0.25, 0.3) is 0 Å². The van der Waals surface area contributed by atoms with Crippen molar-refractivity contribution in [1.29, 1.82) is 0 Å². The minimum Gasteiger partial charge on any atom is -0.497 e. The van der Waals surface area contributed by atoms with Crippen LogP contribution in [0, 0.1) is 0 Å². The molecule has 0 saturated carbocycles. The lowest BCUT2D eigenvalue weighted by molar-refractivity contribution is 0.414. The maximum Gasteiger partial charge on any atom is 0.244 e. The Kier molecular flexibility index (Phi) is 5.14. The van der Waals surface area contributed by atoms with Crippen LogP contribution < -0.4 is 10.1 Å². The van der Waals surface area contributed by atoms with Gasteiger partial charge in [0.2, 0.25) is 11.2 Å². The van der Waals surface area contributed by atoms with Crippen LogP contribution in [0.4, 0.5) is 11.6 Å². The monoisotopic (exact) mass is 382 g/mol. The molecule has 0 radical (unpaired) electrons. The highest BCUT2D eigenvalue weighted by molar-refractivity contribution is 6.35. The Morgan fingerprint density at radius 2 is 1.71 bits per heavy atom. The second-order valence-corrected chi connectivity index (χ2v) is 6.20. The third-order valence-electron chi connectivity index (χ3n) is 3.26. The summed E-state index contributed by atoms with van der Waals surface area (Å²) in [6.45, 7) is 0.500. The number of methoxy groups -OCH3 is 1. The van der Waals surface area contributed by atoms with E-state index in [4.69, 9.17) is 39.5 Å². The Bertz CT molecular complexity index is 829. The van der Waals surface area contributed by atoms with Crippen LogP contribution in [0.5, 0.6) is 5.75 Å². The Labute approximate surface area is 154 Å². The summed E-state index contributed by atoms with van der Waals surface area (Å²) >= 11 is 18.0. The summed E-state index contributed by atoms with van der Waals surface area (Å²) < 4.78 is 6.82. The molecule has 0 saturated heterocycles. The number of ether oxygens (including phenoxy) is 1. The number of halogens is 3. The smallest absolute Gasteiger partial charge is 0.244 e. The normalized spacial score (nSPS) is 10.7. The molecule has 0 atom stereocenters. The summed E-state index contributed by atoms with van der Waals surface area (Å²) in [7, 11) is 1.63. The average Bonchev–Trinajstić information content (AvgIpc) is 2.86. The third-order valence-corrected chi connectivity index (χ3v) is 3.85. The van der Waals surface area contributed by atoms with Crippen LogP contribution >= 0.6 is 34.8 Å². The first kappa shape index (κ1) is 16.9. The van der Waals surface area contributed by atoms with Crippen molar-refractivity contribution in [1.82, 2.24) is 14.8 Å². The summed E-state index contributed by atoms with van der Waals surface area (Å²) in [6, 6.07) is 12.8. The Morgan fingerprint density at radius 3 is 2.33 bits per heavy atom. The average molecular weight is 384 g/mol. The van der Waals surface area contributed by atoms with Crippen molar-refractivity contribution < 1.29 is 4.74 Å². The number of anilines is 2. The molecule has 2 aromatic carbocycles. The molecule has 1 aromatic heterocycles. The van der Waals surface area contributed by atoms with Crippen molar-refractivity contribution in [2.45, 2.75) is 6.54 Å². The zero-order valence-corrected chi connectivity index (χ0v) is 14.9. The molecule has 1 N–H and O–H groups in total. The molecular weight excluding hydrogens is 371 g/mol. The molecule has 0 aliphatic rings. The standard InChI is InChI=1S/C16H13Cl3N4O/c1-24-14-4-2-10(3-5-14)9-23-16(21-15(19)22-23)20-13-7-11(17)6-12(18)8-13/h2-8H,9H2,1H3,(H,20,21,22). The second kappa shape index (κ2) is 7.30. The van der Waals surface area contributed by atoms with Gasteiger partial charge in [-0.15, -0.1) is 5.10 Å². The fourth-order valence-electron chi connectivity index (χ4n) is 2.18. The van der Waals surface area contributed by atoms with Gasteiger partial charge in [-0.3, -0.25) is 0 Å². The van der Waals surface area contributed by atoms with Gasteiger partial charge in [-0.05, 0) is 47.5 Å². The molecule has 0 amide bonds. The quantitative estimate of drug-likeness (QED) is 0.670. The summed E-state index contributed by atoms with van der Waals surface area (Å²) in [6.07, 6.45) is 0. The highest BCUT2D eigenvalue weighted by atomic mass is 35.5. The molecule has 1 heterocycles. The fourth-order valence-corrected chi connectivity index (χ4v) is 2.87. The molecule has 3 rings (SSSR count). The number of nitrogens with one attached hydrogen (secondary N) is 1. The van der Waals surface area contributed by atoms with E-state index in [1.54, 1.807) is 30.0 Å². The minimum absolute atomic E-state index is 0.152. The molecule has 5 nitrogen and oxygen atoms in total. The highest BCUT2D eigenvalue weighted by Gasteiger charge is 2.10. The molecular formula is C16H13Cl3N4O. The maximum atomic E-state index is 6.01. The van der Waals surface area contributed by atoms with E-state index in [0.29, 0.717) is 28.2 Å². The minimum atomic E-state index is 0.152. The number of aromatic nitrogens is 3. The van der Waals surface area contributed by atoms with E-state index in [9.17, 15) is 0 Å². The van der Waals surface area contributed by atoms with Crippen LogP contribution in [0.3, 0.4) is 0 Å². The lowest BCUT2D eigenvalue weighted by Crippen LogP contribution is -2.07. The molecule has 0 aliphatic carbocycles. The largest absolute Gasteiger partial charge is 0.497 e. The number of hydrogen-bond acceptors (Lipinski definition) is 4. The zero-order chi connectivity index (χ0) is 17.1. The van der Waals surface area contributed by atoms with E-state index < -0.39 is 0 Å². The first-order valence-electron chi connectivity index (χ1n) is 7.00. The molecule has 8 heteroatoms. The second-order valence-electron chi connectivity index (χ2n) is 4.99. The Balaban J connectivity index is 1.84. The highest BCUT2D eigenvalue weighted by Crippen LogP contribution is 2.25. The van der Waals surface area contributed by atoms with E-state index in [1.807, 2.05) is 24.3 Å². The number of rotatable bonds is 5. The van der Waals surface area contributed by atoms with Crippen LogP contribution in [-0.2, 0) is 6.54 Å². The first-order chi connectivity index (χ1) is 11.5. The fraction of sp³-hybridized carbons (Fsp3) is 0.125. The van der Waals surface area contributed by atoms with Crippen LogP contribution in [0.2, 0.25) is 15.3 Å². The molecule has 3 aromatic rings. The van der Waals surface area contributed by atoms with Crippen molar-refractivity contribution >= 4 is 46.4 Å².